The molecule has 25 heavy (non-hydrogen) atoms. The lowest BCUT2D eigenvalue weighted by atomic mass is 10.1. The first-order valence-electron chi connectivity index (χ1n) is 8.52. The fourth-order valence-corrected chi connectivity index (χ4v) is 4.45. The van der Waals surface area contributed by atoms with Crippen LogP contribution in [0.2, 0.25) is 0 Å². The summed E-state index contributed by atoms with van der Waals surface area (Å²) >= 11 is 1.43. The monoisotopic (exact) mass is 362 g/mol. The van der Waals surface area contributed by atoms with Crippen LogP contribution < -0.4 is 15.0 Å². The Morgan fingerprint density at radius 2 is 2.44 bits per heavy atom. The van der Waals surface area contributed by atoms with Gasteiger partial charge in [0.05, 0.1) is 28.1 Å². The number of ether oxygens (including phenoxy) is 1. The number of aromatic amines is 1. The molecule has 0 radical (unpaired) electrons. The van der Waals surface area contributed by atoms with E-state index in [-0.39, 0.29) is 6.04 Å². The highest BCUT2D eigenvalue weighted by molar-refractivity contribution is 7.18. The van der Waals surface area contributed by atoms with Gasteiger partial charge < -0.3 is 20.1 Å². The standard InChI is InChI=1S/C17H22N4O3S/c1-18-12(6-17(23)2-3-17)9-21-4-5-24-15-14(21)13(10-22)25-16(15)11-7-19-20-8-11/h7-8,10,12,18,23H,2-6,9H2,1H3,(H,19,20). The molecule has 1 aliphatic carbocycles. The molecule has 134 valence electrons. The summed E-state index contributed by atoms with van der Waals surface area (Å²) < 4.78 is 5.92. The summed E-state index contributed by atoms with van der Waals surface area (Å²) in [4.78, 5) is 15.5. The van der Waals surface area contributed by atoms with Gasteiger partial charge >= 0.3 is 0 Å². The third kappa shape index (κ3) is 3.17. The van der Waals surface area contributed by atoms with E-state index in [0.717, 1.165) is 60.5 Å². The number of aromatic nitrogens is 2. The number of hydrogen-bond acceptors (Lipinski definition) is 7. The maximum atomic E-state index is 11.7. The van der Waals surface area contributed by atoms with E-state index in [4.69, 9.17) is 4.74 Å². The molecule has 2 aromatic rings. The first kappa shape index (κ1) is 16.6. The van der Waals surface area contributed by atoms with E-state index in [1.54, 1.807) is 6.20 Å². The summed E-state index contributed by atoms with van der Waals surface area (Å²) in [6.07, 6.45) is 6.93. The van der Waals surface area contributed by atoms with Crippen LogP contribution in [0.5, 0.6) is 5.75 Å². The van der Waals surface area contributed by atoms with E-state index in [2.05, 4.69) is 20.4 Å². The zero-order valence-corrected chi connectivity index (χ0v) is 14.9. The molecular weight excluding hydrogens is 340 g/mol. The van der Waals surface area contributed by atoms with Crippen molar-refractivity contribution < 1.29 is 14.6 Å². The number of nitrogens with one attached hydrogen (secondary N) is 2. The molecule has 4 rings (SSSR count). The van der Waals surface area contributed by atoms with E-state index in [0.29, 0.717) is 11.5 Å². The van der Waals surface area contributed by atoms with Gasteiger partial charge in [0, 0.05) is 24.3 Å². The van der Waals surface area contributed by atoms with Gasteiger partial charge in [-0.25, -0.2) is 0 Å². The smallest absolute Gasteiger partial charge is 0.162 e. The van der Waals surface area contributed by atoms with Crippen LogP contribution in [0.1, 0.15) is 28.9 Å². The first-order valence-corrected chi connectivity index (χ1v) is 9.34. The minimum Gasteiger partial charge on any atom is -0.488 e. The predicted molar refractivity (Wildman–Crippen MR) is 96.6 cm³/mol. The molecule has 0 saturated heterocycles. The Kier molecular flexibility index (Phi) is 4.26. The van der Waals surface area contributed by atoms with Crippen molar-refractivity contribution in [3.63, 3.8) is 0 Å². The lowest BCUT2D eigenvalue weighted by molar-refractivity contribution is 0.112. The zero-order chi connectivity index (χ0) is 17.4. The van der Waals surface area contributed by atoms with Crippen molar-refractivity contribution in [1.29, 1.82) is 0 Å². The number of rotatable bonds is 7. The molecule has 1 atom stereocenters. The van der Waals surface area contributed by atoms with Crippen LogP contribution in [0.4, 0.5) is 5.69 Å². The van der Waals surface area contributed by atoms with Gasteiger partial charge in [-0.3, -0.25) is 9.89 Å². The van der Waals surface area contributed by atoms with Gasteiger partial charge in [-0.1, -0.05) is 0 Å². The molecule has 3 N–H and O–H groups in total. The molecule has 0 spiro atoms. The van der Waals surface area contributed by atoms with E-state index in [1.165, 1.54) is 11.3 Å². The molecule has 1 fully saturated rings. The quantitative estimate of drug-likeness (QED) is 0.649. The number of hydrogen-bond donors (Lipinski definition) is 3. The molecular formula is C17H22N4O3S. The van der Waals surface area contributed by atoms with Gasteiger partial charge in [-0.15, -0.1) is 11.3 Å². The lowest BCUT2D eigenvalue weighted by Gasteiger charge is -2.33. The maximum Gasteiger partial charge on any atom is 0.162 e. The Labute approximate surface area is 150 Å². The molecule has 1 aliphatic heterocycles. The van der Waals surface area contributed by atoms with Crippen molar-refractivity contribution in [2.75, 3.05) is 31.6 Å². The predicted octanol–water partition coefficient (Wildman–Crippen LogP) is 1.65. The zero-order valence-electron chi connectivity index (χ0n) is 14.1. The Bertz CT molecular complexity index is 754. The van der Waals surface area contributed by atoms with Gasteiger partial charge in [0.15, 0.2) is 12.0 Å². The number of carbonyl (C=O) groups excluding carboxylic acids is 1. The number of nitrogens with zero attached hydrogens (tertiary/aromatic N) is 2. The van der Waals surface area contributed by atoms with Gasteiger partial charge in [-0.2, -0.15) is 5.10 Å². The topological polar surface area (TPSA) is 90.5 Å². The molecule has 2 aromatic heterocycles. The van der Waals surface area contributed by atoms with Crippen LogP contribution in [-0.2, 0) is 0 Å². The molecule has 0 aromatic carbocycles. The number of aldehydes is 1. The number of fused-ring (bicyclic) bond motifs is 1. The molecule has 7 nitrogen and oxygen atoms in total. The summed E-state index contributed by atoms with van der Waals surface area (Å²) in [7, 11) is 1.92. The Morgan fingerprint density at radius 3 is 3.08 bits per heavy atom. The van der Waals surface area contributed by atoms with Crippen LogP contribution in [0.3, 0.4) is 0 Å². The van der Waals surface area contributed by atoms with Crippen LogP contribution in [-0.4, -0.2) is 60.0 Å². The fourth-order valence-electron chi connectivity index (χ4n) is 3.39. The Balaban J connectivity index is 1.63. The third-order valence-corrected chi connectivity index (χ3v) is 6.10. The summed E-state index contributed by atoms with van der Waals surface area (Å²) in [5.74, 6) is 0.764. The van der Waals surface area contributed by atoms with Gasteiger partial charge in [0.25, 0.3) is 0 Å². The van der Waals surface area contributed by atoms with Gasteiger partial charge in [-0.05, 0) is 26.3 Å². The van der Waals surface area contributed by atoms with Crippen LogP contribution in [0, 0.1) is 0 Å². The van der Waals surface area contributed by atoms with Crippen molar-refractivity contribution in [2.24, 2.45) is 0 Å². The minimum atomic E-state index is -0.507. The third-order valence-electron chi connectivity index (χ3n) is 4.96. The summed E-state index contributed by atoms with van der Waals surface area (Å²) in [6, 6.07) is 0.162. The second-order valence-corrected chi connectivity index (χ2v) is 7.84. The van der Waals surface area contributed by atoms with Gasteiger partial charge in [0.1, 0.15) is 12.3 Å². The highest BCUT2D eigenvalue weighted by atomic mass is 32.1. The number of anilines is 1. The first-order chi connectivity index (χ1) is 12.1. The average molecular weight is 362 g/mol. The maximum absolute atomic E-state index is 11.7. The molecule has 0 amide bonds. The van der Waals surface area contributed by atoms with Crippen molar-refractivity contribution in [3.05, 3.63) is 17.3 Å². The van der Waals surface area contributed by atoms with Crippen molar-refractivity contribution in [3.8, 4) is 16.2 Å². The SMILES string of the molecule is CNC(CN1CCOc2c(-c3cn[nH]c3)sc(C=O)c21)CC1(O)CC1. The largest absolute Gasteiger partial charge is 0.488 e. The summed E-state index contributed by atoms with van der Waals surface area (Å²) in [5, 5.41) is 20.3. The van der Waals surface area contributed by atoms with Crippen LogP contribution >= 0.6 is 11.3 Å². The van der Waals surface area contributed by atoms with Crippen molar-refractivity contribution in [1.82, 2.24) is 15.5 Å². The van der Waals surface area contributed by atoms with E-state index in [1.807, 2.05) is 13.2 Å². The minimum absolute atomic E-state index is 0.162. The Hall–Kier alpha value is -1.90. The van der Waals surface area contributed by atoms with Crippen LogP contribution in [0.15, 0.2) is 12.4 Å². The Morgan fingerprint density at radius 1 is 1.60 bits per heavy atom. The summed E-state index contributed by atoms with van der Waals surface area (Å²) in [6.45, 7) is 2.04. The second kappa shape index (κ2) is 6.44. The molecule has 8 heteroatoms. The summed E-state index contributed by atoms with van der Waals surface area (Å²) in [5.41, 5.74) is 1.28. The molecule has 1 unspecified atom stereocenters. The number of likely N-dealkylation sites (N-methyl/N-ethyl adjacent to an activating group) is 1. The number of H-pyrrole nitrogens is 1. The van der Waals surface area contributed by atoms with Crippen molar-refractivity contribution >= 4 is 23.3 Å². The lowest BCUT2D eigenvalue weighted by Crippen LogP contribution is -2.45. The van der Waals surface area contributed by atoms with Crippen molar-refractivity contribution in [2.45, 2.75) is 30.9 Å². The van der Waals surface area contributed by atoms with E-state index < -0.39 is 5.60 Å². The van der Waals surface area contributed by atoms with Crippen LogP contribution in [0.25, 0.3) is 10.4 Å². The number of thiophene rings is 1. The normalized spacial score (nSPS) is 19.2. The van der Waals surface area contributed by atoms with Gasteiger partial charge in [0.2, 0.25) is 0 Å². The highest BCUT2D eigenvalue weighted by Crippen LogP contribution is 2.49. The highest BCUT2D eigenvalue weighted by Gasteiger charge is 2.42. The van der Waals surface area contributed by atoms with E-state index >= 15 is 0 Å². The molecule has 1 saturated carbocycles. The average Bonchev–Trinajstić information content (AvgIpc) is 3.05. The number of aliphatic hydroxyl groups is 1. The second-order valence-electron chi connectivity index (χ2n) is 6.79. The fraction of sp³-hybridized carbons (Fsp3) is 0.529. The van der Waals surface area contributed by atoms with E-state index in [9.17, 15) is 9.90 Å². The number of carbonyl (C=O) groups is 1. The molecule has 0 bridgehead atoms. The molecule has 3 heterocycles. The molecule has 2 aliphatic rings.